The molecule has 0 amide bonds. The van der Waals surface area contributed by atoms with Gasteiger partial charge < -0.3 is 0 Å². The Balaban J connectivity index is 2.68. The lowest BCUT2D eigenvalue weighted by Gasteiger charge is -2.33. The van der Waals surface area contributed by atoms with Gasteiger partial charge in [0, 0.05) is 18.4 Å². The summed E-state index contributed by atoms with van der Waals surface area (Å²) in [5, 5.41) is 0.825. The standard InChI is InChI=1S/C9H18BrNO2S/c1-9(2,7-10)8-11-5-3-4-6-14(11,12)13/h3-8H2,1-2H3. The molecule has 5 heteroatoms. The normalized spacial score (nSPS) is 23.6. The highest BCUT2D eigenvalue weighted by atomic mass is 79.9. The number of hydrogen-bond donors (Lipinski definition) is 0. The van der Waals surface area contributed by atoms with Crippen LogP contribution in [0.4, 0.5) is 0 Å². The van der Waals surface area contributed by atoms with Gasteiger partial charge in [0.2, 0.25) is 10.0 Å². The fourth-order valence-electron chi connectivity index (χ4n) is 1.54. The predicted octanol–water partition coefficient (Wildman–Crippen LogP) is 1.83. The van der Waals surface area contributed by atoms with Crippen molar-refractivity contribution in [2.75, 3.05) is 24.2 Å². The molecule has 1 aliphatic heterocycles. The Morgan fingerprint density at radius 1 is 1.36 bits per heavy atom. The molecule has 1 saturated heterocycles. The maximum Gasteiger partial charge on any atom is 0.214 e. The Bertz CT molecular complexity index is 287. The molecule has 0 aromatic heterocycles. The molecule has 0 radical (unpaired) electrons. The van der Waals surface area contributed by atoms with Crippen molar-refractivity contribution in [2.45, 2.75) is 26.7 Å². The zero-order valence-electron chi connectivity index (χ0n) is 8.79. The van der Waals surface area contributed by atoms with E-state index >= 15 is 0 Å². The van der Waals surface area contributed by atoms with Crippen molar-refractivity contribution in [3.8, 4) is 0 Å². The van der Waals surface area contributed by atoms with Gasteiger partial charge in [-0.15, -0.1) is 0 Å². The van der Waals surface area contributed by atoms with Crippen molar-refractivity contribution in [1.82, 2.24) is 4.31 Å². The van der Waals surface area contributed by atoms with Crippen LogP contribution in [0.15, 0.2) is 0 Å². The van der Waals surface area contributed by atoms with Gasteiger partial charge in [-0.25, -0.2) is 12.7 Å². The molecule has 0 atom stereocenters. The summed E-state index contributed by atoms with van der Waals surface area (Å²) in [6, 6.07) is 0. The van der Waals surface area contributed by atoms with Gasteiger partial charge in [0.15, 0.2) is 0 Å². The van der Waals surface area contributed by atoms with Gasteiger partial charge in [-0.2, -0.15) is 0 Å². The third kappa shape index (κ3) is 3.21. The summed E-state index contributed by atoms with van der Waals surface area (Å²) in [6.45, 7) is 5.47. The highest BCUT2D eigenvalue weighted by Crippen LogP contribution is 2.24. The fourth-order valence-corrected chi connectivity index (χ4v) is 3.50. The van der Waals surface area contributed by atoms with Crippen LogP contribution in [0.1, 0.15) is 26.7 Å². The molecule has 0 bridgehead atoms. The number of alkyl halides is 1. The van der Waals surface area contributed by atoms with Crippen molar-refractivity contribution in [1.29, 1.82) is 0 Å². The van der Waals surface area contributed by atoms with E-state index in [9.17, 15) is 8.42 Å². The maximum atomic E-state index is 11.7. The molecule has 0 N–H and O–H groups in total. The summed E-state index contributed by atoms with van der Waals surface area (Å²) in [5.41, 5.74) is 0.0183. The number of nitrogens with zero attached hydrogens (tertiary/aromatic N) is 1. The van der Waals surface area contributed by atoms with Crippen molar-refractivity contribution in [3.05, 3.63) is 0 Å². The molecule has 84 valence electrons. The molecule has 0 aromatic rings. The molecule has 0 saturated carbocycles. The first-order chi connectivity index (χ1) is 6.37. The lowest BCUT2D eigenvalue weighted by Crippen LogP contribution is -2.43. The second kappa shape index (κ2) is 4.49. The van der Waals surface area contributed by atoms with E-state index in [1.807, 2.05) is 0 Å². The van der Waals surface area contributed by atoms with Gasteiger partial charge in [-0.1, -0.05) is 29.8 Å². The molecular formula is C9H18BrNO2S. The van der Waals surface area contributed by atoms with Gasteiger partial charge in [0.25, 0.3) is 0 Å². The van der Waals surface area contributed by atoms with Gasteiger partial charge in [-0.3, -0.25) is 0 Å². The molecule has 3 nitrogen and oxygen atoms in total. The Hall–Kier alpha value is 0.390. The van der Waals surface area contributed by atoms with E-state index in [4.69, 9.17) is 0 Å². The molecule has 0 aliphatic carbocycles. The first kappa shape index (κ1) is 12.5. The quantitative estimate of drug-likeness (QED) is 0.741. The van der Waals surface area contributed by atoms with E-state index in [1.54, 1.807) is 4.31 Å². The minimum atomic E-state index is -2.95. The second-order valence-corrected chi connectivity index (χ2v) is 7.30. The Labute approximate surface area is 95.0 Å². The minimum absolute atomic E-state index is 0.0183. The molecule has 1 heterocycles. The first-order valence-corrected chi connectivity index (χ1v) is 7.64. The van der Waals surface area contributed by atoms with E-state index in [2.05, 4.69) is 29.8 Å². The lowest BCUT2D eigenvalue weighted by molar-refractivity contribution is 0.277. The second-order valence-electron chi connectivity index (χ2n) is 4.65. The van der Waals surface area contributed by atoms with Gasteiger partial charge in [0.1, 0.15) is 0 Å². The Morgan fingerprint density at radius 2 is 2.00 bits per heavy atom. The van der Waals surface area contributed by atoms with Crippen molar-refractivity contribution < 1.29 is 8.42 Å². The van der Waals surface area contributed by atoms with Gasteiger partial charge >= 0.3 is 0 Å². The summed E-state index contributed by atoms with van der Waals surface area (Å²) in [7, 11) is -2.95. The van der Waals surface area contributed by atoms with Crippen LogP contribution in [0, 0.1) is 5.41 Å². The van der Waals surface area contributed by atoms with Crippen molar-refractivity contribution in [2.24, 2.45) is 5.41 Å². The van der Waals surface area contributed by atoms with E-state index in [0.29, 0.717) is 18.8 Å². The van der Waals surface area contributed by atoms with E-state index < -0.39 is 10.0 Å². The minimum Gasteiger partial charge on any atom is -0.212 e. The highest BCUT2D eigenvalue weighted by molar-refractivity contribution is 9.09. The Kier molecular flexibility index (Phi) is 4.00. The average molecular weight is 284 g/mol. The summed E-state index contributed by atoms with van der Waals surface area (Å²) >= 11 is 3.41. The summed E-state index contributed by atoms with van der Waals surface area (Å²) in [6.07, 6.45) is 1.81. The van der Waals surface area contributed by atoms with Crippen LogP contribution in [-0.2, 0) is 10.0 Å². The first-order valence-electron chi connectivity index (χ1n) is 4.91. The average Bonchev–Trinajstić information content (AvgIpc) is 2.09. The number of halogens is 1. The maximum absolute atomic E-state index is 11.7. The summed E-state index contributed by atoms with van der Waals surface area (Å²) in [5.74, 6) is 0.325. The number of hydrogen-bond acceptors (Lipinski definition) is 2. The zero-order valence-corrected chi connectivity index (χ0v) is 11.2. The summed E-state index contributed by atoms with van der Waals surface area (Å²) in [4.78, 5) is 0. The molecule has 0 aromatic carbocycles. The van der Waals surface area contributed by atoms with Gasteiger partial charge in [-0.05, 0) is 18.3 Å². The van der Waals surface area contributed by atoms with Crippen LogP contribution < -0.4 is 0 Å². The largest absolute Gasteiger partial charge is 0.214 e. The summed E-state index contributed by atoms with van der Waals surface area (Å²) < 4.78 is 25.0. The number of rotatable bonds is 3. The molecule has 0 spiro atoms. The molecule has 14 heavy (non-hydrogen) atoms. The monoisotopic (exact) mass is 283 g/mol. The van der Waals surface area contributed by atoms with E-state index in [1.165, 1.54) is 0 Å². The third-order valence-corrected chi connectivity index (χ3v) is 5.84. The van der Waals surface area contributed by atoms with Crippen LogP contribution >= 0.6 is 15.9 Å². The molecule has 1 aliphatic rings. The fraction of sp³-hybridized carbons (Fsp3) is 1.00. The van der Waals surface area contributed by atoms with Crippen LogP contribution in [0.25, 0.3) is 0 Å². The van der Waals surface area contributed by atoms with Gasteiger partial charge in [0.05, 0.1) is 5.75 Å². The smallest absolute Gasteiger partial charge is 0.212 e. The van der Waals surface area contributed by atoms with E-state index in [0.717, 1.165) is 18.2 Å². The van der Waals surface area contributed by atoms with Crippen LogP contribution in [0.2, 0.25) is 0 Å². The van der Waals surface area contributed by atoms with Crippen molar-refractivity contribution in [3.63, 3.8) is 0 Å². The molecular weight excluding hydrogens is 266 g/mol. The topological polar surface area (TPSA) is 37.4 Å². The third-order valence-electron chi connectivity index (χ3n) is 2.42. The van der Waals surface area contributed by atoms with Crippen molar-refractivity contribution >= 4 is 26.0 Å². The number of sulfonamides is 1. The predicted molar refractivity (Wildman–Crippen MR) is 62.2 cm³/mol. The SMILES string of the molecule is CC(C)(CBr)CN1CCCCS1(=O)=O. The zero-order chi connectivity index (χ0) is 10.8. The molecule has 1 fully saturated rings. The van der Waals surface area contributed by atoms with Crippen LogP contribution in [0.5, 0.6) is 0 Å². The van der Waals surface area contributed by atoms with E-state index in [-0.39, 0.29) is 5.41 Å². The Morgan fingerprint density at radius 3 is 2.50 bits per heavy atom. The van der Waals surface area contributed by atoms with Crippen LogP contribution in [-0.4, -0.2) is 36.9 Å². The highest BCUT2D eigenvalue weighted by Gasteiger charge is 2.30. The lowest BCUT2D eigenvalue weighted by atomic mass is 9.97. The molecule has 0 unspecified atom stereocenters. The molecule has 1 rings (SSSR count). The van der Waals surface area contributed by atoms with Crippen LogP contribution in [0.3, 0.4) is 0 Å².